The minimum atomic E-state index is -0.488. The van der Waals surface area contributed by atoms with Gasteiger partial charge in [-0.15, -0.1) is 11.6 Å². The molecule has 0 N–H and O–H groups in total. The number of nitrogens with zero attached hydrogens (tertiary/aromatic N) is 1. The van der Waals surface area contributed by atoms with Gasteiger partial charge in [0.2, 0.25) is 0 Å². The molecule has 100 valence electrons. The van der Waals surface area contributed by atoms with Gasteiger partial charge in [0, 0.05) is 18.0 Å². The zero-order valence-corrected chi connectivity index (χ0v) is 11.6. The zero-order valence-electron chi connectivity index (χ0n) is 10.1. The maximum absolute atomic E-state index is 10.5. The number of rotatable bonds is 7. The molecule has 0 bridgehead atoms. The summed E-state index contributed by atoms with van der Waals surface area (Å²) >= 11 is 11.5. The Kier molecular flexibility index (Phi) is 6.22. The molecule has 0 amide bonds. The van der Waals surface area contributed by atoms with Crippen molar-refractivity contribution in [3.05, 3.63) is 33.3 Å². The monoisotopic (exact) mass is 291 g/mol. The quantitative estimate of drug-likeness (QED) is 0.428. The number of non-ortho nitro benzene ring substituents is 1. The van der Waals surface area contributed by atoms with Crippen LogP contribution in [0, 0.1) is 16.0 Å². The average Bonchev–Trinajstić information content (AvgIpc) is 2.31. The van der Waals surface area contributed by atoms with Crippen LogP contribution in [0.2, 0.25) is 5.02 Å². The van der Waals surface area contributed by atoms with Crippen LogP contribution in [0.5, 0.6) is 5.75 Å². The fourth-order valence-corrected chi connectivity index (χ4v) is 2.02. The molecule has 1 aromatic rings. The number of benzene rings is 1. The fourth-order valence-electron chi connectivity index (χ4n) is 1.42. The summed E-state index contributed by atoms with van der Waals surface area (Å²) in [6, 6.07) is 4.19. The van der Waals surface area contributed by atoms with Crippen molar-refractivity contribution >= 4 is 28.9 Å². The van der Waals surface area contributed by atoms with Gasteiger partial charge >= 0.3 is 0 Å². The SMILES string of the molecule is CC(CCCl)CCOc1ccc([N+](=O)[O-])cc1Cl. The number of ether oxygens (including phenoxy) is 1. The highest BCUT2D eigenvalue weighted by Crippen LogP contribution is 2.28. The zero-order chi connectivity index (χ0) is 13.5. The Labute approximate surface area is 116 Å². The van der Waals surface area contributed by atoms with E-state index < -0.39 is 4.92 Å². The molecule has 0 saturated heterocycles. The van der Waals surface area contributed by atoms with Crippen LogP contribution in [0.1, 0.15) is 19.8 Å². The van der Waals surface area contributed by atoms with Crippen LogP contribution in [0.25, 0.3) is 0 Å². The van der Waals surface area contributed by atoms with Crippen LogP contribution in [0.4, 0.5) is 5.69 Å². The lowest BCUT2D eigenvalue weighted by atomic mass is 10.1. The third-order valence-electron chi connectivity index (χ3n) is 2.60. The predicted molar refractivity (Wildman–Crippen MR) is 72.7 cm³/mol. The molecular formula is C12H15Cl2NO3. The predicted octanol–water partition coefficient (Wildman–Crippen LogP) is 4.28. The Hall–Kier alpha value is -1.00. The second kappa shape index (κ2) is 7.44. The van der Waals surface area contributed by atoms with Gasteiger partial charge in [-0.1, -0.05) is 18.5 Å². The van der Waals surface area contributed by atoms with Gasteiger partial charge < -0.3 is 4.74 Å². The molecule has 0 spiro atoms. The minimum absolute atomic E-state index is 0.0390. The third kappa shape index (κ3) is 4.70. The van der Waals surface area contributed by atoms with E-state index in [4.69, 9.17) is 27.9 Å². The molecule has 0 aromatic heterocycles. The second-order valence-electron chi connectivity index (χ2n) is 4.09. The topological polar surface area (TPSA) is 52.4 Å². The molecule has 6 heteroatoms. The van der Waals surface area contributed by atoms with Crippen molar-refractivity contribution in [3.8, 4) is 5.75 Å². The number of nitro benzene ring substituents is 1. The van der Waals surface area contributed by atoms with Crippen molar-refractivity contribution in [1.82, 2.24) is 0 Å². The van der Waals surface area contributed by atoms with Crippen LogP contribution in [0.3, 0.4) is 0 Å². The molecule has 0 heterocycles. The van der Waals surface area contributed by atoms with E-state index in [1.54, 1.807) is 0 Å². The van der Waals surface area contributed by atoms with Gasteiger partial charge in [-0.25, -0.2) is 0 Å². The summed E-state index contributed by atoms with van der Waals surface area (Å²) in [6.45, 7) is 2.62. The summed E-state index contributed by atoms with van der Waals surface area (Å²) in [5.41, 5.74) is -0.0390. The maximum atomic E-state index is 10.5. The molecule has 1 aromatic carbocycles. The van der Waals surface area contributed by atoms with Gasteiger partial charge in [-0.3, -0.25) is 10.1 Å². The molecule has 0 aliphatic carbocycles. The number of alkyl halides is 1. The highest BCUT2D eigenvalue weighted by atomic mass is 35.5. The largest absolute Gasteiger partial charge is 0.492 e. The first-order valence-corrected chi connectivity index (χ1v) is 6.58. The van der Waals surface area contributed by atoms with E-state index in [0.29, 0.717) is 24.2 Å². The lowest BCUT2D eigenvalue weighted by Gasteiger charge is -2.11. The van der Waals surface area contributed by atoms with Gasteiger partial charge in [0.25, 0.3) is 5.69 Å². The Balaban J connectivity index is 2.50. The Morgan fingerprint density at radius 1 is 1.44 bits per heavy atom. The summed E-state index contributed by atoms with van der Waals surface area (Å²) < 4.78 is 5.49. The second-order valence-corrected chi connectivity index (χ2v) is 4.88. The minimum Gasteiger partial charge on any atom is -0.492 e. The van der Waals surface area contributed by atoms with E-state index in [2.05, 4.69) is 6.92 Å². The average molecular weight is 292 g/mol. The van der Waals surface area contributed by atoms with Crippen molar-refractivity contribution in [2.45, 2.75) is 19.8 Å². The first-order valence-electron chi connectivity index (χ1n) is 5.67. The van der Waals surface area contributed by atoms with Crippen molar-refractivity contribution in [1.29, 1.82) is 0 Å². The number of nitro groups is 1. The summed E-state index contributed by atoms with van der Waals surface area (Å²) in [5.74, 6) is 1.60. The van der Waals surface area contributed by atoms with Crippen LogP contribution in [0.15, 0.2) is 18.2 Å². The highest BCUT2D eigenvalue weighted by Gasteiger charge is 2.10. The van der Waals surface area contributed by atoms with Crippen LogP contribution < -0.4 is 4.74 Å². The molecule has 4 nitrogen and oxygen atoms in total. The van der Waals surface area contributed by atoms with Gasteiger partial charge in [0.15, 0.2) is 0 Å². The normalized spacial score (nSPS) is 12.2. The van der Waals surface area contributed by atoms with E-state index in [1.165, 1.54) is 18.2 Å². The van der Waals surface area contributed by atoms with Crippen molar-refractivity contribution < 1.29 is 9.66 Å². The summed E-state index contributed by atoms with van der Waals surface area (Å²) in [6.07, 6.45) is 1.82. The molecule has 1 rings (SSSR count). The summed E-state index contributed by atoms with van der Waals surface area (Å²) in [7, 11) is 0. The lowest BCUT2D eigenvalue weighted by molar-refractivity contribution is -0.384. The van der Waals surface area contributed by atoms with E-state index in [-0.39, 0.29) is 10.7 Å². The first kappa shape index (κ1) is 15.1. The van der Waals surface area contributed by atoms with E-state index >= 15 is 0 Å². The van der Waals surface area contributed by atoms with Gasteiger partial charge in [-0.05, 0) is 24.8 Å². The highest BCUT2D eigenvalue weighted by molar-refractivity contribution is 6.32. The first-order chi connectivity index (χ1) is 8.54. The molecular weight excluding hydrogens is 277 g/mol. The van der Waals surface area contributed by atoms with E-state index in [0.717, 1.165) is 12.8 Å². The molecule has 1 atom stereocenters. The maximum Gasteiger partial charge on any atom is 0.271 e. The van der Waals surface area contributed by atoms with Gasteiger partial charge in [-0.2, -0.15) is 0 Å². The smallest absolute Gasteiger partial charge is 0.271 e. The van der Waals surface area contributed by atoms with Gasteiger partial charge in [0.05, 0.1) is 16.6 Å². The van der Waals surface area contributed by atoms with Crippen molar-refractivity contribution in [2.24, 2.45) is 5.92 Å². The van der Waals surface area contributed by atoms with E-state index in [1.807, 2.05) is 0 Å². The lowest BCUT2D eigenvalue weighted by Crippen LogP contribution is -2.05. The molecule has 0 aliphatic rings. The molecule has 0 fully saturated rings. The third-order valence-corrected chi connectivity index (χ3v) is 3.11. The molecule has 0 saturated carbocycles. The number of hydrogen-bond donors (Lipinski definition) is 0. The molecule has 1 unspecified atom stereocenters. The molecule has 0 radical (unpaired) electrons. The van der Waals surface area contributed by atoms with Gasteiger partial charge in [0.1, 0.15) is 5.75 Å². The van der Waals surface area contributed by atoms with Crippen LogP contribution >= 0.6 is 23.2 Å². The van der Waals surface area contributed by atoms with Crippen LogP contribution in [-0.2, 0) is 0 Å². The summed E-state index contributed by atoms with van der Waals surface area (Å²) in [4.78, 5) is 10.0. The summed E-state index contributed by atoms with van der Waals surface area (Å²) in [5, 5.41) is 10.8. The molecule has 18 heavy (non-hydrogen) atoms. The van der Waals surface area contributed by atoms with Crippen molar-refractivity contribution in [3.63, 3.8) is 0 Å². The number of hydrogen-bond acceptors (Lipinski definition) is 3. The van der Waals surface area contributed by atoms with Crippen molar-refractivity contribution in [2.75, 3.05) is 12.5 Å². The Morgan fingerprint density at radius 3 is 2.72 bits per heavy atom. The standard InChI is InChI=1S/C12H15Cl2NO3/c1-9(4-6-13)5-7-18-12-3-2-10(15(16)17)8-11(12)14/h2-3,8-9H,4-7H2,1H3. The fraction of sp³-hybridized carbons (Fsp3) is 0.500. The van der Waals surface area contributed by atoms with Crippen LogP contribution in [-0.4, -0.2) is 17.4 Å². The molecule has 0 aliphatic heterocycles. The Bertz CT molecular complexity index is 412. The Morgan fingerprint density at radius 2 is 2.17 bits per heavy atom. The van der Waals surface area contributed by atoms with E-state index in [9.17, 15) is 10.1 Å². The number of halogens is 2.